The van der Waals surface area contributed by atoms with Crippen LogP contribution >= 0.6 is 0 Å². The average molecular weight is 1390 g/mol. The van der Waals surface area contributed by atoms with E-state index in [1.54, 1.807) is 0 Å². The SMILES string of the molecule is C1=CC2=NC1=CC1=NC(=Cc3c[nH]c(c3)C=C3C=CC(=N3)C=c3ccc([nH]3)=CC3=CC(=C2)N=C3)C=C1.C1=Cc2nc1c(-c1ccccc1)c1cc(c(-c3ccccc3)c3ccc([nH]3)c(-c3ccccc3)c3nc(c(-c4ccccc4)c4cc(c(-c5ccccc5)c5ccc([nH]5)c2-c2ccccc2)C=N4)C=C3)C=N1. The average Bonchev–Trinajstić information content (AvgIpc) is 1.61. The molecule has 0 aliphatic carbocycles. The number of aromatic nitrogens is 6. The van der Waals surface area contributed by atoms with E-state index in [1.807, 2.05) is 104 Å². The minimum atomic E-state index is 0.833. The number of hydrogen-bond donors (Lipinski definition) is 4. The Hall–Kier alpha value is -14.9. The molecule has 6 aromatic carbocycles. The Morgan fingerprint density at radius 2 is 0.639 bits per heavy atom. The van der Waals surface area contributed by atoms with Crippen molar-refractivity contribution in [2.24, 2.45) is 30.0 Å². The van der Waals surface area contributed by atoms with Crippen molar-refractivity contribution in [3.8, 4) is 66.8 Å². The predicted octanol–water partition coefficient (Wildman–Crippen LogP) is 21.1. The number of aliphatic imine (C=N–C) groups is 6. The van der Waals surface area contributed by atoms with E-state index in [0.717, 1.165) is 202 Å². The summed E-state index contributed by atoms with van der Waals surface area (Å²) >= 11 is 0. The number of aromatic amines is 4. The molecule has 0 fully saturated rings. The molecule has 108 heavy (non-hydrogen) atoms. The van der Waals surface area contributed by atoms with Crippen molar-refractivity contribution < 1.29 is 0 Å². The zero-order valence-electron chi connectivity index (χ0n) is 58.2. The first-order chi connectivity index (χ1) is 53.4. The Morgan fingerprint density at radius 3 is 1.10 bits per heavy atom. The summed E-state index contributed by atoms with van der Waals surface area (Å²) < 4.78 is 0. The van der Waals surface area contributed by atoms with Crippen molar-refractivity contribution in [1.82, 2.24) is 29.9 Å². The minimum Gasteiger partial charge on any atom is -0.361 e. The standard InChI is InChI=1S/C66H44N6.C30H20N6/c1-7-19-43(20-8-1)61-49-39-59(67-41-49)65(47-27-15-5-16-28-47)57-37-36-56(72-57)64(46-25-13-4-14-26-46)54-34-32-52(70-54)62(44-21-9-2-10-22-44)50-40-60(68-42-50)66(48-29-17-6-18-30-48)58-38-35-55(71-58)63(45-23-11-3-12-24-45)53-33-31-51(61)69-53;1-3-23-13-25-5-7-27(35-25)16-30-12-20(18-32-30)10-22-2-4-24(34-22)14-26-6-8-28(36-26)15-29-11-19(17-31-29)9-21(1)33-23/h1-42,69-70H;1-18,31,34H. The molecule has 0 atom stereocenters. The topological polar surface area (TPSA) is 163 Å². The van der Waals surface area contributed by atoms with Crippen molar-refractivity contribution in [3.05, 3.63) is 382 Å². The second kappa shape index (κ2) is 28.1. The van der Waals surface area contributed by atoms with Crippen molar-refractivity contribution >= 4 is 118 Å². The number of nitrogens with zero attached hydrogens (tertiary/aromatic N) is 8. The molecule has 5 aromatic heterocycles. The summed E-state index contributed by atoms with van der Waals surface area (Å²) in [5.41, 5.74) is 32.3. The lowest BCUT2D eigenvalue weighted by Gasteiger charge is -2.07. The zero-order valence-corrected chi connectivity index (χ0v) is 58.2. The first kappa shape index (κ1) is 64.0. The fourth-order valence-corrected chi connectivity index (χ4v) is 14.6. The predicted molar refractivity (Wildman–Crippen MR) is 449 cm³/mol. The van der Waals surface area contributed by atoms with Gasteiger partial charge in [0, 0.05) is 108 Å². The van der Waals surface area contributed by atoms with Crippen molar-refractivity contribution in [2.75, 3.05) is 0 Å². The second-order valence-electron chi connectivity index (χ2n) is 26.8. The van der Waals surface area contributed by atoms with Crippen molar-refractivity contribution in [1.29, 1.82) is 0 Å². The van der Waals surface area contributed by atoms with Crippen LogP contribution in [0.5, 0.6) is 0 Å². The highest BCUT2D eigenvalue weighted by molar-refractivity contribution is 6.19. The molecule has 9 aliphatic heterocycles. The van der Waals surface area contributed by atoms with E-state index in [1.165, 1.54) is 0 Å². The Morgan fingerprint density at radius 1 is 0.259 bits per heavy atom. The number of hydrogen-bond acceptors (Lipinski definition) is 8. The maximum absolute atomic E-state index is 5.51. The van der Waals surface area contributed by atoms with Crippen LogP contribution in [0.1, 0.15) is 45.2 Å². The molecule has 0 radical (unpaired) electrons. The summed E-state index contributed by atoms with van der Waals surface area (Å²) in [6.07, 6.45) is 42.6. The summed E-state index contributed by atoms with van der Waals surface area (Å²) in [4.78, 5) is 54.7. The van der Waals surface area contributed by atoms with Gasteiger partial charge in [-0.25, -0.2) is 24.9 Å². The molecule has 20 rings (SSSR count). The number of rotatable bonds is 6. The molecule has 9 aliphatic rings. The molecular weight excluding hydrogens is 1320 g/mol. The van der Waals surface area contributed by atoms with Gasteiger partial charge in [-0.1, -0.05) is 182 Å². The fraction of sp³-hybridized carbons (Fsp3) is 0. The third-order valence-electron chi connectivity index (χ3n) is 19.5. The largest absolute Gasteiger partial charge is 0.361 e. The third-order valence-corrected chi connectivity index (χ3v) is 19.5. The van der Waals surface area contributed by atoms with Crippen LogP contribution in [-0.4, -0.2) is 65.7 Å². The van der Waals surface area contributed by atoms with Crippen LogP contribution in [0.15, 0.2) is 356 Å². The van der Waals surface area contributed by atoms with E-state index >= 15 is 0 Å². The number of nitrogens with one attached hydrogen (secondary N) is 4. The molecule has 0 unspecified atom stereocenters. The van der Waals surface area contributed by atoms with Gasteiger partial charge in [0.1, 0.15) is 0 Å². The van der Waals surface area contributed by atoms with E-state index < -0.39 is 0 Å². The van der Waals surface area contributed by atoms with Gasteiger partial charge in [0.15, 0.2) is 0 Å². The highest BCUT2D eigenvalue weighted by Gasteiger charge is 2.23. The van der Waals surface area contributed by atoms with Gasteiger partial charge < -0.3 is 19.9 Å². The van der Waals surface area contributed by atoms with Crippen LogP contribution in [0.3, 0.4) is 0 Å². The van der Waals surface area contributed by atoms with E-state index in [9.17, 15) is 0 Å². The lowest BCUT2D eigenvalue weighted by molar-refractivity contribution is 1.27. The molecule has 14 heterocycles. The lowest BCUT2D eigenvalue weighted by Crippen LogP contribution is -2.11. The quantitative estimate of drug-likeness (QED) is 0.130. The Bertz CT molecular complexity index is 6100. The Labute approximate surface area is 622 Å². The van der Waals surface area contributed by atoms with E-state index in [2.05, 4.69) is 286 Å². The van der Waals surface area contributed by atoms with Gasteiger partial charge in [-0.05, 0) is 202 Å². The molecule has 4 N–H and O–H groups in total. The first-order valence-corrected chi connectivity index (χ1v) is 35.9. The number of fused-ring (bicyclic) bond motifs is 20. The van der Waals surface area contributed by atoms with E-state index in [-0.39, 0.29) is 0 Å². The van der Waals surface area contributed by atoms with Gasteiger partial charge in [0.2, 0.25) is 0 Å². The highest BCUT2D eigenvalue weighted by Crippen LogP contribution is 2.43. The van der Waals surface area contributed by atoms with Crippen LogP contribution < -0.4 is 10.7 Å². The molecule has 0 amide bonds. The van der Waals surface area contributed by atoms with E-state index in [0.29, 0.717) is 0 Å². The normalized spacial score (nSPS) is 14.6. The molecule has 12 nitrogen and oxygen atoms in total. The smallest absolute Gasteiger partial charge is 0.0738 e. The maximum atomic E-state index is 5.51. The zero-order chi connectivity index (χ0) is 71.7. The summed E-state index contributed by atoms with van der Waals surface area (Å²) in [5.74, 6) is 0. The minimum absolute atomic E-state index is 0.833. The second-order valence-corrected chi connectivity index (χ2v) is 26.8. The third kappa shape index (κ3) is 13.2. The molecular formula is C96H64N12. The monoisotopic (exact) mass is 1380 g/mol. The molecule has 508 valence electrons. The summed E-state index contributed by atoms with van der Waals surface area (Å²) in [6.45, 7) is 0. The van der Waals surface area contributed by atoms with Crippen LogP contribution in [-0.2, 0) is 0 Å². The molecule has 12 heteroatoms. The highest BCUT2D eigenvalue weighted by atomic mass is 14.8. The van der Waals surface area contributed by atoms with Gasteiger partial charge in [-0.2, -0.15) is 0 Å². The van der Waals surface area contributed by atoms with Crippen LogP contribution in [0.4, 0.5) is 11.4 Å². The van der Waals surface area contributed by atoms with Crippen molar-refractivity contribution in [3.63, 3.8) is 0 Å². The Balaban J connectivity index is 0.000000184. The van der Waals surface area contributed by atoms with Crippen LogP contribution in [0.2, 0.25) is 0 Å². The van der Waals surface area contributed by atoms with Gasteiger partial charge in [0.05, 0.1) is 74.1 Å². The van der Waals surface area contributed by atoms with Gasteiger partial charge in [0.25, 0.3) is 0 Å². The molecule has 0 saturated carbocycles. The molecule has 24 bridgehead atoms. The van der Waals surface area contributed by atoms with Gasteiger partial charge >= 0.3 is 0 Å². The maximum Gasteiger partial charge on any atom is 0.0738 e. The first-order valence-electron chi connectivity index (χ1n) is 35.9. The van der Waals surface area contributed by atoms with Crippen molar-refractivity contribution in [2.45, 2.75) is 0 Å². The lowest BCUT2D eigenvalue weighted by atomic mass is 10.00. The summed E-state index contributed by atoms with van der Waals surface area (Å²) in [7, 11) is 0. The van der Waals surface area contributed by atoms with Gasteiger partial charge in [-0.15, -0.1) is 0 Å². The number of H-pyrrole nitrogens is 4. The van der Waals surface area contributed by atoms with E-state index in [4.69, 9.17) is 34.9 Å². The molecule has 11 aromatic rings. The van der Waals surface area contributed by atoms with Crippen LogP contribution in [0.25, 0.3) is 137 Å². The molecule has 0 saturated heterocycles. The van der Waals surface area contributed by atoms with Gasteiger partial charge in [-0.3, -0.25) is 15.0 Å². The number of benzene rings is 6. The van der Waals surface area contributed by atoms with Crippen LogP contribution in [0, 0.1) is 0 Å². The fourth-order valence-electron chi connectivity index (χ4n) is 14.6. The summed E-state index contributed by atoms with van der Waals surface area (Å²) in [5, 5.41) is 2.00. The summed E-state index contributed by atoms with van der Waals surface area (Å²) in [6, 6.07) is 82.4. The molecule has 0 spiro atoms. The Kier molecular flexibility index (Phi) is 16.6. The number of allylic oxidation sites excluding steroid dienone is 10.